The molecule has 0 radical (unpaired) electrons. The summed E-state index contributed by atoms with van der Waals surface area (Å²) in [5.41, 5.74) is 2.02. The number of fused-ring (bicyclic) bond motifs is 1. The molecule has 3 rings (SSSR count). The number of methoxy groups -OCH3 is 1. The number of carbonyl (C=O) groups is 1. The average molecular weight is 398 g/mol. The number of pyridine rings is 1. The fraction of sp³-hybridized carbons (Fsp3) is 0.100. The van der Waals surface area contributed by atoms with Crippen LogP contribution in [0.15, 0.2) is 57.8 Å². The minimum atomic E-state index is -0.378. The summed E-state index contributed by atoms with van der Waals surface area (Å²) in [5, 5.41) is 0.843. The highest BCUT2D eigenvalue weighted by Crippen LogP contribution is 2.22. The maximum absolute atomic E-state index is 12.6. The van der Waals surface area contributed by atoms with E-state index in [1.807, 2.05) is 42.5 Å². The molecule has 0 unspecified atom stereocenters. The Hall–Kier alpha value is -2.66. The van der Waals surface area contributed by atoms with Gasteiger partial charge in [-0.1, -0.05) is 34.1 Å². The van der Waals surface area contributed by atoms with Crippen LogP contribution in [0.1, 0.15) is 21.5 Å². The molecule has 5 heteroatoms. The lowest BCUT2D eigenvalue weighted by Gasteiger charge is -2.07. The smallest absolute Gasteiger partial charge is 0.259 e. The van der Waals surface area contributed by atoms with Crippen molar-refractivity contribution in [2.75, 3.05) is 7.11 Å². The molecule has 126 valence electrons. The number of nitrogens with one attached hydrogen (secondary N) is 1. The van der Waals surface area contributed by atoms with Crippen LogP contribution in [-0.4, -0.2) is 17.9 Å². The molecule has 1 aromatic heterocycles. The zero-order valence-electron chi connectivity index (χ0n) is 13.8. The fourth-order valence-corrected chi connectivity index (χ4v) is 3.05. The predicted molar refractivity (Wildman–Crippen MR) is 103 cm³/mol. The Bertz CT molecular complexity index is 1030. The molecule has 1 heterocycles. The number of aryl methyl sites for hydroxylation is 1. The molecule has 25 heavy (non-hydrogen) atoms. The quantitative estimate of drug-likeness (QED) is 0.520. The second-order valence-electron chi connectivity index (χ2n) is 5.61. The Kier molecular flexibility index (Phi) is 4.86. The van der Waals surface area contributed by atoms with Crippen molar-refractivity contribution in [3.05, 3.63) is 80.1 Å². The zero-order valence-corrected chi connectivity index (χ0v) is 15.4. The first kappa shape index (κ1) is 17.2. The summed E-state index contributed by atoms with van der Waals surface area (Å²) in [6.45, 7) is 1.79. The molecule has 0 fully saturated rings. The third kappa shape index (κ3) is 3.56. The first-order chi connectivity index (χ1) is 12.0. The van der Waals surface area contributed by atoms with Gasteiger partial charge in [0.2, 0.25) is 0 Å². The van der Waals surface area contributed by atoms with E-state index in [9.17, 15) is 9.59 Å². The summed E-state index contributed by atoms with van der Waals surface area (Å²) in [6.07, 6.45) is 3.11. The molecule has 0 aliphatic carbocycles. The third-order valence-corrected chi connectivity index (χ3v) is 4.52. The van der Waals surface area contributed by atoms with Crippen molar-refractivity contribution in [1.82, 2.24) is 4.98 Å². The monoisotopic (exact) mass is 397 g/mol. The van der Waals surface area contributed by atoms with E-state index in [4.69, 9.17) is 4.74 Å². The van der Waals surface area contributed by atoms with Gasteiger partial charge < -0.3 is 9.72 Å². The summed E-state index contributed by atoms with van der Waals surface area (Å²) >= 11 is 3.42. The summed E-state index contributed by atoms with van der Waals surface area (Å²) in [4.78, 5) is 27.7. The van der Waals surface area contributed by atoms with Crippen LogP contribution in [0.25, 0.3) is 17.0 Å². The Morgan fingerprint density at radius 1 is 1.16 bits per heavy atom. The highest BCUT2D eigenvalue weighted by molar-refractivity contribution is 9.10. The first-order valence-electron chi connectivity index (χ1n) is 7.68. The maximum Gasteiger partial charge on any atom is 0.259 e. The molecule has 0 bridgehead atoms. The van der Waals surface area contributed by atoms with Crippen molar-refractivity contribution in [3.63, 3.8) is 0 Å². The summed E-state index contributed by atoms with van der Waals surface area (Å²) in [5.74, 6) is 0.423. The summed E-state index contributed by atoms with van der Waals surface area (Å²) < 4.78 is 6.00. The Labute approximate surface area is 153 Å². The fourth-order valence-electron chi connectivity index (χ4n) is 2.69. The minimum absolute atomic E-state index is 0.162. The van der Waals surface area contributed by atoms with Crippen molar-refractivity contribution in [2.45, 2.75) is 6.92 Å². The number of aromatic amines is 1. The van der Waals surface area contributed by atoms with Crippen LogP contribution in [-0.2, 0) is 0 Å². The largest absolute Gasteiger partial charge is 0.497 e. The highest BCUT2D eigenvalue weighted by atomic mass is 79.9. The van der Waals surface area contributed by atoms with Crippen LogP contribution in [0.4, 0.5) is 0 Å². The number of ketones is 1. The predicted octanol–water partition coefficient (Wildman–Crippen LogP) is 4.50. The minimum Gasteiger partial charge on any atom is -0.497 e. The topological polar surface area (TPSA) is 59.2 Å². The molecule has 0 atom stereocenters. The van der Waals surface area contributed by atoms with Crippen molar-refractivity contribution < 1.29 is 9.53 Å². The number of halogens is 1. The number of carbonyl (C=O) groups excluding carboxylic acids is 1. The molecular weight excluding hydrogens is 382 g/mol. The molecule has 0 saturated carbocycles. The lowest BCUT2D eigenvalue weighted by Crippen LogP contribution is -2.18. The molecule has 2 aromatic carbocycles. The van der Waals surface area contributed by atoms with Crippen molar-refractivity contribution in [2.24, 2.45) is 0 Å². The lowest BCUT2D eigenvalue weighted by molar-refractivity contribution is 0.104. The van der Waals surface area contributed by atoms with Gasteiger partial charge in [-0.2, -0.15) is 0 Å². The average Bonchev–Trinajstić information content (AvgIpc) is 2.61. The van der Waals surface area contributed by atoms with Gasteiger partial charge in [-0.05, 0) is 54.5 Å². The van der Waals surface area contributed by atoms with Crippen LogP contribution in [0.3, 0.4) is 0 Å². The van der Waals surface area contributed by atoms with E-state index in [1.165, 1.54) is 6.08 Å². The number of aromatic nitrogens is 1. The number of H-pyrrole nitrogens is 1. The zero-order chi connectivity index (χ0) is 18.0. The van der Waals surface area contributed by atoms with Gasteiger partial charge in [-0.25, -0.2) is 0 Å². The van der Waals surface area contributed by atoms with Crippen LogP contribution in [0.2, 0.25) is 0 Å². The molecule has 0 saturated heterocycles. The molecular formula is C20H16BrNO3. The molecule has 0 spiro atoms. The third-order valence-electron chi connectivity index (χ3n) is 4.03. The van der Waals surface area contributed by atoms with Crippen LogP contribution in [0, 0.1) is 6.92 Å². The van der Waals surface area contributed by atoms with Gasteiger partial charge in [-0.3, -0.25) is 9.59 Å². The van der Waals surface area contributed by atoms with Gasteiger partial charge in [0, 0.05) is 15.4 Å². The normalized spacial score (nSPS) is 11.2. The number of rotatable bonds is 4. The SMILES string of the molecule is COc1ccc(/C=C/C(=O)c2c(C)c3cc(Br)ccc3[nH]c2=O)cc1. The number of ether oxygens (including phenoxy) is 1. The van der Waals surface area contributed by atoms with E-state index in [2.05, 4.69) is 20.9 Å². The number of benzene rings is 2. The first-order valence-corrected chi connectivity index (χ1v) is 8.47. The van der Waals surface area contributed by atoms with Gasteiger partial charge in [0.05, 0.1) is 12.7 Å². The van der Waals surface area contributed by atoms with Gasteiger partial charge >= 0.3 is 0 Å². The Morgan fingerprint density at radius 3 is 2.56 bits per heavy atom. The highest BCUT2D eigenvalue weighted by Gasteiger charge is 2.14. The summed E-state index contributed by atoms with van der Waals surface area (Å²) in [7, 11) is 1.60. The lowest BCUT2D eigenvalue weighted by atomic mass is 10.0. The second-order valence-corrected chi connectivity index (χ2v) is 6.53. The van der Waals surface area contributed by atoms with Crippen molar-refractivity contribution in [3.8, 4) is 5.75 Å². The molecule has 0 amide bonds. The van der Waals surface area contributed by atoms with Crippen LogP contribution in [0.5, 0.6) is 5.75 Å². The molecule has 0 aliphatic rings. The number of hydrogen-bond acceptors (Lipinski definition) is 3. The standard InChI is InChI=1S/C20H16BrNO3/c1-12-16-11-14(21)6-9-17(16)22-20(24)19(12)18(23)10-5-13-3-7-15(25-2)8-4-13/h3-11H,1-2H3,(H,22,24)/b10-5+. The van der Waals surface area contributed by atoms with E-state index < -0.39 is 0 Å². The van der Waals surface area contributed by atoms with Gasteiger partial charge in [0.1, 0.15) is 5.75 Å². The van der Waals surface area contributed by atoms with E-state index in [1.54, 1.807) is 20.1 Å². The van der Waals surface area contributed by atoms with Crippen molar-refractivity contribution >= 4 is 38.7 Å². The van der Waals surface area contributed by atoms with E-state index in [-0.39, 0.29) is 16.9 Å². The molecule has 0 aliphatic heterocycles. The van der Waals surface area contributed by atoms with E-state index in [0.717, 1.165) is 21.2 Å². The molecule has 1 N–H and O–H groups in total. The Balaban J connectivity index is 1.98. The van der Waals surface area contributed by atoms with Crippen LogP contribution < -0.4 is 10.3 Å². The van der Waals surface area contributed by atoms with Gasteiger partial charge in [-0.15, -0.1) is 0 Å². The molecule has 4 nitrogen and oxygen atoms in total. The maximum atomic E-state index is 12.6. The number of allylic oxidation sites excluding steroid dienone is 1. The van der Waals surface area contributed by atoms with E-state index >= 15 is 0 Å². The van der Waals surface area contributed by atoms with Gasteiger partial charge in [0.15, 0.2) is 5.78 Å². The van der Waals surface area contributed by atoms with Crippen LogP contribution >= 0.6 is 15.9 Å². The second kappa shape index (κ2) is 7.07. The Morgan fingerprint density at radius 2 is 1.88 bits per heavy atom. The van der Waals surface area contributed by atoms with Crippen molar-refractivity contribution in [1.29, 1.82) is 0 Å². The van der Waals surface area contributed by atoms with Gasteiger partial charge in [0.25, 0.3) is 5.56 Å². The van der Waals surface area contributed by atoms with E-state index in [0.29, 0.717) is 11.1 Å². The molecule has 3 aromatic rings. The summed E-state index contributed by atoms with van der Waals surface area (Å²) in [6, 6.07) is 12.9. The number of hydrogen-bond donors (Lipinski definition) is 1.